The summed E-state index contributed by atoms with van der Waals surface area (Å²) in [6.07, 6.45) is 2.80. The van der Waals surface area contributed by atoms with E-state index < -0.39 is 5.67 Å². The highest BCUT2D eigenvalue weighted by atomic mass is 19.1. The molecule has 100 valence electrons. The van der Waals surface area contributed by atoms with Crippen LogP contribution in [0.2, 0.25) is 0 Å². The monoisotopic (exact) mass is 258 g/mol. The molecule has 2 N–H and O–H groups in total. The summed E-state index contributed by atoms with van der Waals surface area (Å²) in [6.45, 7) is 1.96. The van der Waals surface area contributed by atoms with Gasteiger partial charge in [0.2, 0.25) is 0 Å². The third kappa shape index (κ3) is 2.35. The molecule has 1 saturated carbocycles. The van der Waals surface area contributed by atoms with Crippen LogP contribution in [0.3, 0.4) is 0 Å². The van der Waals surface area contributed by atoms with Crippen molar-refractivity contribution in [1.82, 2.24) is 4.98 Å². The molecule has 0 amide bonds. The highest BCUT2D eigenvalue weighted by Gasteiger charge is 2.36. The van der Waals surface area contributed by atoms with Gasteiger partial charge in [-0.2, -0.15) is 0 Å². The zero-order valence-electron chi connectivity index (χ0n) is 11.2. The van der Waals surface area contributed by atoms with Gasteiger partial charge in [0.15, 0.2) is 0 Å². The Balaban J connectivity index is 2.03. The molecule has 19 heavy (non-hydrogen) atoms. The SMILES string of the molecule is Cc1ccc2cc(C3(F)CCCC(N)C3)ccc2n1. The number of nitrogens with two attached hydrogens (primary N) is 1. The number of nitrogens with zero attached hydrogens (tertiary/aromatic N) is 1. The van der Waals surface area contributed by atoms with Gasteiger partial charge >= 0.3 is 0 Å². The second-order valence-electron chi connectivity index (χ2n) is 5.68. The predicted molar refractivity (Wildman–Crippen MR) is 75.7 cm³/mol. The smallest absolute Gasteiger partial charge is 0.137 e. The third-order valence-electron chi connectivity index (χ3n) is 4.08. The van der Waals surface area contributed by atoms with Gasteiger partial charge in [-0.1, -0.05) is 12.1 Å². The van der Waals surface area contributed by atoms with Crippen molar-refractivity contribution < 1.29 is 4.39 Å². The molecular weight excluding hydrogens is 239 g/mol. The number of benzene rings is 1. The van der Waals surface area contributed by atoms with Crippen molar-refractivity contribution in [1.29, 1.82) is 0 Å². The van der Waals surface area contributed by atoms with Crippen LogP contribution in [0, 0.1) is 6.92 Å². The maximum atomic E-state index is 15.1. The fourth-order valence-electron chi connectivity index (χ4n) is 3.03. The molecule has 2 unspecified atom stereocenters. The Hall–Kier alpha value is -1.48. The first kappa shape index (κ1) is 12.5. The summed E-state index contributed by atoms with van der Waals surface area (Å²) in [5.41, 5.74) is 7.32. The van der Waals surface area contributed by atoms with Gasteiger partial charge in [0.05, 0.1) is 5.52 Å². The maximum Gasteiger partial charge on any atom is 0.137 e. The molecule has 1 aliphatic carbocycles. The molecule has 2 aromatic rings. The van der Waals surface area contributed by atoms with Crippen molar-refractivity contribution >= 4 is 10.9 Å². The van der Waals surface area contributed by atoms with Crippen LogP contribution in [0.1, 0.15) is 36.9 Å². The van der Waals surface area contributed by atoms with Gasteiger partial charge in [-0.15, -0.1) is 0 Å². The van der Waals surface area contributed by atoms with Gasteiger partial charge in [-0.05, 0) is 49.9 Å². The first-order valence-electron chi connectivity index (χ1n) is 6.89. The molecule has 1 aliphatic rings. The fraction of sp³-hybridized carbons (Fsp3) is 0.438. The van der Waals surface area contributed by atoms with Crippen LogP contribution < -0.4 is 5.73 Å². The molecule has 0 bridgehead atoms. The standard InChI is InChI=1S/C16H19FN2/c1-11-4-5-12-9-13(6-7-15(12)19-11)16(17)8-2-3-14(18)10-16/h4-7,9,14H,2-3,8,10,18H2,1H3. The Morgan fingerprint density at radius 1 is 1.32 bits per heavy atom. The van der Waals surface area contributed by atoms with Gasteiger partial charge in [0.25, 0.3) is 0 Å². The van der Waals surface area contributed by atoms with E-state index in [0.717, 1.165) is 35.0 Å². The lowest BCUT2D eigenvalue weighted by Gasteiger charge is -2.33. The number of fused-ring (bicyclic) bond motifs is 1. The Morgan fingerprint density at radius 2 is 2.16 bits per heavy atom. The Bertz CT molecular complexity index is 611. The van der Waals surface area contributed by atoms with E-state index in [2.05, 4.69) is 4.98 Å². The molecule has 1 heterocycles. The molecule has 3 heteroatoms. The minimum atomic E-state index is -1.27. The number of halogens is 1. The van der Waals surface area contributed by atoms with E-state index in [1.165, 1.54) is 0 Å². The zero-order chi connectivity index (χ0) is 13.5. The van der Waals surface area contributed by atoms with Gasteiger partial charge < -0.3 is 5.73 Å². The normalized spacial score (nSPS) is 27.6. The van der Waals surface area contributed by atoms with Gasteiger partial charge in [-0.3, -0.25) is 4.98 Å². The topological polar surface area (TPSA) is 38.9 Å². The lowest BCUT2D eigenvalue weighted by Crippen LogP contribution is -2.36. The average Bonchev–Trinajstić information content (AvgIpc) is 2.37. The molecule has 1 fully saturated rings. The molecule has 1 aromatic heterocycles. The van der Waals surface area contributed by atoms with E-state index >= 15 is 4.39 Å². The van der Waals surface area contributed by atoms with E-state index in [4.69, 9.17) is 5.73 Å². The van der Waals surface area contributed by atoms with E-state index in [0.29, 0.717) is 12.8 Å². The molecule has 1 aromatic carbocycles. The highest BCUT2D eigenvalue weighted by molar-refractivity contribution is 5.79. The maximum absolute atomic E-state index is 15.1. The second-order valence-corrected chi connectivity index (χ2v) is 5.68. The Morgan fingerprint density at radius 3 is 2.95 bits per heavy atom. The third-order valence-corrected chi connectivity index (χ3v) is 4.08. The van der Waals surface area contributed by atoms with Crippen molar-refractivity contribution in [3.63, 3.8) is 0 Å². The van der Waals surface area contributed by atoms with E-state index in [1.54, 1.807) is 0 Å². The van der Waals surface area contributed by atoms with Gasteiger partial charge in [-0.25, -0.2) is 4.39 Å². The van der Waals surface area contributed by atoms with Crippen LogP contribution in [0.15, 0.2) is 30.3 Å². The highest BCUT2D eigenvalue weighted by Crippen LogP contribution is 2.41. The van der Waals surface area contributed by atoms with Crippen LogP contribution in [0.5, 0.6) is 0 Å². The molecule has 3 rings (SSSR count). The number of hydrogen-bond donors (Lipinski definition) is 1. The summed E-state index contributed by atoms with van der Waals surface area (Å²) >= 11 is 0. The van der Waals surface area contributed by atoms with Crippen molar-refractivity contribution in [2.75, 3.05) is 0 Å². The second kappa shape index (κ2) is 4.57. The van der Waals surface area contributed by atoms with E-state index in [1.807, 2.05) is 37.3 Å². The molecule has 0 saturated heterocycles. The summed E-state index contributed by atoms with van der Waals surface area (Å²) in [6, 6.07) is 9.66. The predicted octanol–water partition coefficient (Wildman–Crippen LogP) is 3.61. The van der Waals surface area contributed by atoms with Gasteiger partial charge in [0.1, 0.15) is 5.67 Å². The van der Waals surface area contributed by atoms with Crippen molar-refractivity contribution in [2.24, 2.45) is 5.73 Å². The summed E-state index contributed by atoms with van der Waals surface area (Å²) in [5.74, 6) is 0. The first-order chi connectivity index (χ1) is 9.07. The molecule has 2 nitrogen and oxygen atoms in total. The minimum absolute atomic E-state index is 0.0226. The van der Waals surface area contributed by atoms with Crippen LogP contribution in [-0.2, 0) is 5.67 Å². The molecule has 0 spiro atoms. The van der Waals surface area contributed by atoms with E-state index in [-0.39, 0.29) is 6.04 Å². The van der Waals surface area contributed by atoms with Crippen LogP contribution in [0.4, 0.5) is 4.39 Å². The molecule has 0 radical (unpaired) electrons. The summed E-state index contributed by atoms with van der Waals surface area (Å²) in [7, 11) is 0. The van der Waals surface area contributed by atoms with Crippen LogP contribution in [0.25, 0.3) is 10.9 Å². The fourth-order valence-corrected chi connectivity index (χ4v) is 3.03. The quantitative estimate of drug-likeness (QED) is 0.848. The Labute approximate surface area is 112 Å². The van der Waals surface area contributed by atoms with E-state index in [9.17, 15) is 0 Å². The average molecular weight is 258 g/mol. The lowest BCUT2D eigenvalue weighted by atomic mass is 9.79. The van der Waals surface area contributed by atoms with Crippen LogP contribution in [-0.4, -0.2) is 11.0 Å². The number of alkyl halides is 1. The number of pyridine rings is 1. The largest absolute Gasteiger partial charge is 0.328 e. The number of rotatable bonds is 1. The van der Waals surface area contributed by atoms with Gasteiger partial charge in [0, 0.05) is 23.5 Å². The summed E-state index contributed by atoms with van der Waals surface area (Å²) in [4.78, 5) is 4.45. The first-order valence-corrected chi connectivity index (χ1v) is 6.89. The Kier molecular flexibility index (Phi) is 3.02. The zero-order valence-corrected chi connectivity index (χ0v) is 11.2. The van der Waals surface area contributed by atoms with Crippen molar-refractivity contribution in [2.45, 2.75) is 44.3 Å². The molecule has 0 aliphatic heterocycles. The number of aryl methyl sites for hydroxylation is 1. The molecule has 2 atom stereocenters. The van der Waals surface area contributed by atoms with Crippen molar-refractivity contribution in [3.05, 3.63) is 41.6 Å². The molecular formula is C16H19FN2. The number of hydrogen-bond acceptors (Lipinski definition) is 2. The lowest BCUT2D eigenvalue weighted by molar-refractivity contribution is 0.0949. The van der Waals surface area contributed by atoms with Crippen LogP contribution >= 0.6 is 0 Å². The minimum Gasteiger partial charge on any atom is -0.328 e. The van der Waals surface area contributed by atoms with Crippen molar-refractivity contribution in [3.8, 4) is 0 Å². The summed E-state index contributed by atoms with van der Waals surface area (Å²) in [5, 5.41) is 0.999. The number of aromatic nitrogens is 1. The summed E-state index contributed by atoms with van der Waals surface area (Å²) < 4.78 is 15.1.